The zero-order chi connectivity index (χ0) is 22.8. The third kappa shape index (κ3) is 7.54. The Kier molecular flexibility index (Phi) is 8.68. The van der Waals surface area contributed by atoms with Gasteiger partial charge >= 0.3 is 5.97 Å². The molecule has 0 heterocycles. The number of nitro groups is 1. The van der Waals surface area contributed by atoms with Gasteiger partial charge < -0.3 is 15.4 Å². The Morgan fingerprint density at radius 1 is 0.968 bits per heavy atom. The van der Waals surface area contributed by atoms with Gasteiger partial charge in [-0.1, -0.05) is 42.5 Å². The molecule has 0 spiro atoms. The van der Waals surface area contributed by atoms with Crippen LogP contribution >= 0.6 is 0 Å². The van der Waals surface area contributed by atoms with Crippen molar-refractivity contribution in [3.05, 3.63) is 75.8 Å². The van der Waals surface area contributed by atoms with Crippen LogP contribution < -0.4 is 10.6 Å². The molecule has 164 valence electrons. The third-order valence-electron chi connectivity index (χ3n) is 4.66. The van der Waals surface area contributed by atoms with E-state index < -0.39 is 22.8 Å². The number of nitro benzene ring substituents is 1. The van der Waals surface area contributed by atoms with Crippen LogP contribution in [0, 0.1) is 10.1 Å². The van der Waals surface area contributed by atoms with Crippen molar-refractivity contribution < 1.29 is 24.0 Å². The van der Waals surface area contributed by atoms with Crippen LogP contribution in [-0.4, -0.2) is 35.9 Å². The van der Waals surface area contributed by atoms with Gasteiger partial charge in [0.2, 0.25) is 11.8 Å². The molecule has 0 unspecified atom stereocenters. The normalized spacial score (nSPS) is 12.3. The second-order valence-corrected chi connectivity index (χ2v) is 6.97. The van der Waals surface area contributed by atoms with Gasteiger partial charge in [0.15, 0.2) is 0 Å². The SMILES string of the molecule is COC(=O)[C@H](Cc1ccc([N+](=O)[O-])cc1)NC(=O)CCC(=O)N[C@H](C)c1ccccc1. The maximum Gasteiger partial charge on any atom is 0.328 e. The molecule has 0 fully saturated rings. The molecule has 0 aliphatic rings. The molecule has 0 aliphatic heterocycles. The molecule has 2 N–H and O–H groups in total. The zero-order valence-electron chi connectivity index (χ0n) is 17.4. The van der Waals surface area contributed by atoms with Crippen LogP contribution in [0.1, 0.15) is 36.9 Å². The molecule has 2 aromatic carbocycles. The fourth-order valence-electron chi connectivity index (χ4n) is 2.96. The minimum Gasteiger partial charge on any atom is -0.467 e. The van der Waals surface area contributed by atoms with E-state index >= 15 is 0 Å². The molecule has 2 amide bonds. The van der Waals surface area contributed by atoms with Gasteiger partial charge in [0.25, 0.3) is 5.69 Å². The molecule has 0 radical (unpaired) electrons. The van der Waals surface area contributed by atoms with Gasteiger partial charge in [-0.25, -0.2) is 4.79 Å². The highest BCUT2D eigenvalue weighted by Crippen LogP contribution is 2.14. The van der Waals surface area contributed by atoms with Crippen molar-refractivity contribution in [1.82, 2.24) is 10.6 Å². The summed E-state index contributed by atoms with van der Waals surface area (Å²) >= 11 is 0. The number of rotatable bonds is 10. The zero-order valence-corrected chi connectivity index (χ0v) is 17.4. The topological polar surface area (TPSA) is 128 Å². The van der Waals surface area contributed by atoms with E-state index in [2.05, 4.69) is 10.6 Å². The van der Waals surface area contributed by atoms with Gasteiger partial charge in [-0.2, -0.15) is 0 Å². The average molecular weight is 427 g/mol. The van der Waals surface area contributed by atoms with Gasteiger partial charge in [-0.15, -0.1) is 0 Å². The third-order valence-corrected chi connectivity index (χ3v) is 4.66. The summed E-state index contributed by atoms with van der Waals surface area (Å²) in [7, 11) is 1.20. The van der Waals surface area contributed by atoms with Crippen LogP contribution in [0.5, 0.6) is 0 Å². The Morgan fingerprint density at radius 2 is 1.55 bits per heavy atom. The number of non-ortho nitro benzene ring substituents is 1. The smallest absolute Gasteiger partial charge is 0.328 e. The van der Waals surface area contributed by atoms with Gasteiger partial charge in [0, 0.05) is 31.4 Å². The first-order valence-electron chi connectivity index (χ1n) is 9.75. The van der Waals surface area contributed by atoms with Gasteiger partial charge in [0.05, 0.1) is 18.1 Å². The van der Waals surface area contributed by atoms with Crippen LogP contribution in [0.15, 0.2) is 54.6 Å². The van der Waals surface area contributed by atoms with Crippen molar-refractivity contribution >= 4 is 23.5 Å². The Hall–Kier alpha value is -3.75. The molecule has 0 bridgehead atoms. The number of amides is 2. The summed E-state index contributed by atoms with van der Waals surface area (Å²) in [6, 6.07) is 14.0. The summed E-state index contributed by atoms with van der Waals surface area (Å²) in [4.78, 5) is 46.7. The minimum absolute atomic E-state index is 0.0333. The highest BCUT2D eigenvalue weighted by molar-refractivity contribution is 5.87. The molecule has 0 saturated carbocycles. The van der Waals surface area contributed by atoms with E-state index in [-0.39, 0.29) is 36.9 Å². The number of esters is 1. The van der Waals surface area contributed by atoms with E-state index in [1.807, 2.05) is 37.3 Å². The first kappa shape index (κ1) is 23.5. The Morgan fingerprint density at radius 3 is 2.10 bits per heavy atom. The maximum atomic E-state index is 12.3. The number of methoxy groups -OCH3 is 1. The lowest BCUT2D eigenvalue weighted by atomic mass is 10.1. The Labute approximate surface area is 179 Å². The lowest BCUT2D eigenvalue weighted by molar-refractivity contribution is -0.384. The lowest BCUT2D eigenvalue weighted by Gasteiger charge is -2.17. The summed E-state index contributed by atoms with van der Waals surface area (Å²) in [6.07, 6.45) is -0.0246. The number of nitrogens with one attached hydrogen (secondary N) is 2. The molecular weight excluding hydrogens is 402 g/mol. The van der Waals surface area contributed by atoms with Crippen molar-refractivity contribution in [2.75, 3.05) is 7.11 Å². The molecule has 2 rings (SSSR count). The lowest BCUT2D eigenvalue weighted by Crippen LogP contribution is -2.43. The van der Waals surface area contributed by atoms with Crippen LogP contribution in [-0.2, 0) is 25.5 Å². The number of carbonyl (C=O) groups excluding carboxylic acids is 3. The maximum absolute atomic E-state index is 12.3. The number of hydrogen-bond acceptors (Lipinski definition) is 6. The second kappa shape index (κ2) is 11.4. The minimum atomic E-state index is -0.967. The predicted molar refractivity (Wildman–Crippen MR) is 113 cm³/mol. The van der Waals surface area contributed by atoms with Crippen LogP contribution in [0.2, 0.25) is 0 Å². The van der Waals surface area contributed by atoms with Gasteiger partial charge in [0.1, 0.15) is 6.04 Å². The number of carbonyl (C=O) groups is 3. The fourth-order valence-corrected chi connectivity index (χ4v) is 2.96. The van der Waals surface area contributed by atoms with Crippen molar-refractivity contribution in [2.45, 2.75) is 38.3 Å². The molecule has 2 aromatic rings. The van der Waals surface area contributed by atoms with Crippen molar-refractivity contribution in [1.29, 1.82) is 0 Å². The summed E-state index contributed by atoms with van der Waals surface area (Å²) in [5.41, 5.74) is 1.50. The molecule has 2 atom stereocenters. The van der Waals surface area contributed by atoms with E-state index in [1.165, 1.54) is 31.4 Å². The second-order valence-electron chi connectivity index (χ2n) is 6.97. The first-order chi connectivity index (χ1) is 14.8. The van der Waals surface area contributed by atoms with E-state index in [1.54, 1.807) is 0 Å². The molecular formula is C22H25N3O6. The van der Waals surface area contributed by atoms with Crippen molar-refractivity contribution in [2.24, 2.45) is 0 Å². The standard InChI is InChI=1S/C22H25N3O6/c1-15(17-6-4-3-5-7-17)23-20(26)12-13-21(27)24-19(22(28)31-2)14-16-8-10-18(11-9-16)25(29)30/h3-11,15,19H,12-14H2,1-2H3,(H,23,26)(H,24,27)/t15-,19+/m1/s1. The number of benzene rings is 2. The Bertz CT molecular complexity index is 915. The highest BCUT2D eigenvalue weighted by atomic mass is 16.6. The van der Waals surface area contributed by atoms with Crippen molar-refractivity contribution in [3.63, 3.8) is 0 Å². The number of ether oxygens (including phenoxy) is 1. The summed E-state index contributed by atoms with van der Waals surface area (Å²) in [5.74, 6) is -1.40. The average Bonchev–Trinajstić information content (AvgIpc) is 2.77. The summed E-state index contributed by atoms with van der Waals surface area (Å²) in [5, 5.41) is 16.1. The van der Waals surface area contributed by atoms with Crippen LogP contribution in [0.4, 0.5) is 5.69 Å². The predicted octanol–water partition coefficient (Wildman–Crippen LogP) is 2.45. The molecule has 31 heavy (non-hydrogen) atoms. The molecule has 0 aromatic heterocycles. The molecule has 9 heteroatoms. The highest BCUT2D eigenvalue weighted by Gasteiger charge is 2.23. The fraction of sp³-hybridized carbons (Fsp3) is 0.318. The van der Waals surface area contributed by atoms with E-state index in [9.17, 15) is 24.5 Å². The van der Waals surface area contributed by atoms with E-state index in [4.69, 9.17) is 4.74 Å². The summed E-state index contributed by atoms with van der Waals surface area (Å²) in [6.45, 7) is 1.85. The molecule has 9 nitrogen and oxygen atoms in total. The van der Waals surface area contributed by atoms with Crippen LogP contribution in [0.25, 0.3) is 0 Å². The molecule has 0 saturated heterocycles. The van der Waals surface area contributed by atoms with Gasteiger partial charge in [-0.05, 0) is 18.1 Å². The van der Waals surface area contributed by atoms with E-state index in [0.717, 1.165) is 5.56 Å². The van der Waals surface area contributed by atoms with Gasteiger partial charge in [-0.3, -0.25) is 19.7 Å². The largest absolute Gasteiger partial charge is 0.467 e. The first-order valence-corrected chi connectivity index (χ1v) is 9.75. The quantitative estimate of drug-likeness (QED) is 0.341. The Balaban J connectivity index is 1.88. The number of nitrogens with zero attached hydrogens (tertiary/aromatic N) is 1. The number of hydrogen-bond donors (Lipinski definition) is 2. The van der Waals surface area contributed by atoms with Crippen LogP contribution in [0.3, 0.4) is 0 Å². The van der Waals surface area contributed by atoms with Crippen molar-refractivity contribution in [3.8, 4) is 0 Å². The van der Waals surface area contributed by atoms with E-state index in [0.29, 0.717) is 5.56 Å². The monoisotopic (exact) mass is 427 g/mol. The molecule has 0 aliphatic carbocycles. The summed E-state index contributed by atoms with van der Waals surface area (Å²) < 4.78 is 4.73.